The number of halogens is 1. The van der Waals surface area contributed by atoms with Gasteiger partial charge in [-0.15, -0.1) is 0 Å². The molecule has 0 radical (unpaired) electrons. The predicted molar refractivity (Wildman–Crippen MR) is 59.5 cm³/mol. The molecule has 2 heteroatoms. The molecule has 0 saturated heterocycles. The SMILES string of the molecule is CC/C(=C/CO)c1ccccc1Br. The minimum atomic E-state index is 0.102. The van der Waals surface area contributed by atoms with Gasteiger partial charge in [0.2, 0.25) is 0 Å². The zero-order chi connectivity index (χ0) is 9.68. The molecule has 0 aliphatic heterocycles. The molecular formula is C11H13BrO. The van der Waals surface area contributed by atoms with Crippen LogP contribution in [-0.4, -0.2) is 11.7 Å². The highest BCUT2D eigenvalue weighted by molar-refractivity contribution is 9.10. The van der Waals surface area contributed by atoms with Crippen LogP contribution in [0.5, 0.6) is 0 Å². The van der Waals surface area contributed by atoms with Gasteiger partial charge in [0.1, 0.15) is 0 Å². The van der Waals surface area contributed by atoms with Crippen molar-refractivity contribution < 1.29 is 5.11 Å². The van der Waals surface area contributed by atoms with Crippen molar-refractivity contribution in [1.29, 1.82) is 0 Å². The Morgan fingerprint density at radius 3 is 2.69 bits per heavy atom. The van der Waals surface area contributed by atoms with E-state index >= 15 is 0 Å². The molecule has 1 N–H and O–H groups in total. The molecular weight excluding hydrogens is 228 g/mol. The molecule has 0 bridgehead atoms. The van der Waals surface area contributed by atoms with E-state index in [1.165, 1.54) is 11.1 Å². The van der Waals surface area contributed by atoms with Gasteiger partial charge in [0.05, 0.1) is 6.61 Å². The van der Waals surface area contributed by atoms with Crippen LogP contribution in [0.1, 0.15) is 18.9 Å². The van der Waals surface area contributed by atoms with Crippen molar-refractivity contribution in [2.45, 2.75) is 13.3 Å². The van der Waals surface area contributed by atoms with Gasteiger partial charge >= 0.3 is 0 Å². The summed E-state index contributed by atoms with van der Waals surface area (Å²) in [5, 5.41) is 8.83. The van der Waals surface area contributed by atoms with E-state index in [2.05, 4.69) is 28.9 Å². The Bertz CT molecular complexity index is 305. The third-order valence-electron chi connectivity index (χ3n) is 1.94. The average molecular weight is 241 g/mol. The van der Waals surface area contributed by atoms with E-state index < -0.39 is 0 Å². The Hall–Kier alpha value is -0.600. The lowest BCUT2D eigenvalue weighted by Gasteiger charge is -2.06. The number of rotatable bonds is 3. The van der Waals surface area contributed by atoms with Crippen molar-refractivity contribution in [3.63, 3.8) is 0 Å². The predicted octanol–water partition coefficient (Wildman–Crippen LogP) is 3.23. The summed E-state index contributed by atoms with van der Waals surface area (Å²) >= 11 is 3.49. The first-order valence-corrected chi connectivity index (χ1v) is 5.13. The van der Waals surface area contributed by atoms with E-state index in [4.69, 9.17) is 5.11 Å². The van der Waals surface area contributed by atoms with Crippen LogP contribution in [0.2, 0.25) is 0 Å². The topological polar surface area (TPSA) is 20.2 Å². The van der Waals surface area contributed by atoms with E-state index in [-0.39, 0.29) is 6.61 Å². The van der Waals surface area contributed by atoms with Crippen molar-refractivity contribution in [3.05, 3.63) is 40.4 Å². The van der Waals surface area contributed by atoms with E-state index in [1.807, 2.05) is 24.3 Å². The molecule has 1 aromatic carbocycles. The highest BCUT2D eigenvalue weighted by atomic mass is 79.9. The summed E-state index contributed by atoms with van der Waals surface area (Å²) in [6.07, 6.45) is 2.78. The standard InChI is InChI=1S/C11H13BrO/c1-2-9(7-8-13)10-5-3-4-6-11(10)12/h3-7,13H,2,8H2,1H3/b9-7-. The maximum absolute atomic E-state index is 8.83. The molecule has 0 heterocycles. The summed E-state index contributed by atoms with van der Waals surface area (Å²) in [5.74, 6) is 0. The molecule has 0 fully saturated rings. The maximum atomic E-state index is 8.83. The van der Waals surface area contributed by atoms with Crippen LogP contribution in [0, 0.1) is 0 Å². The highest BCUT2D eigenvalue weighted by Gasteiger charge is 2.01. The number of aliphatic hydroxyl groups is 1. The van der Waals surface area contributed by atoms with Crippen LogP contribution in [0.4, 0.5) is 0 Å². The van der Waals surface area contributed by atoms with Crippen LogP contribution in [-0.2, 0) is 0 Å². The third kappa shape index (κ3) is 2.68. The van der Waals surface area contributed by atoms with Crippen molar-refractivity contribution in [1.82, 2.24) is 0 Å². The molecule has 1 aromatic rings. The quantitative estimate of drug-likeness (QED) is 0.861. The lowest BCUT2D eigenvalue weighted by Crippen LogP contribution is -1.86. The normalized spacial score (nSPS) is 11.8. The first-order valence-electron chi connectivity index (χ1n) is 4.34. The van der Waals surface area contributed by atoms with Crippen LogP contribution in [0.25, 0.3) is 5.57 Å². The Kier molecular flexibility index (Phi) is 4.19. The molecule has 1 rings (SSSR count). The maximum Gasteiger partial charge on any atom is 0.0618 e. The molecule has 0 saturated carbocycles. The number of allylic oxidation sites excluding steroid dienone is 1. The summed E-state index contributed by atoms with van der Waals surface area (Å²) in [6.45, 7) is 2.19. The lowest BCUT2D eigenvalue weighted by molar-refractivity contribution is 0.343. The Balaban J connectivity index is 3.05. The monoisotopic (exact) mass is 240 g/mol. The minimum Gasteiger partial charge on any atom is -0.392 e. The van der Waals surface area contributed by atoms with Gasteiger partial charge in [-0.05, 0) is 23.6 Å². The molecule has 1 nitrogen and oxygen atoms in total. The average Bonchev–Trinajstić information content (AvgIpc) is 2.16. The van der Waals surface area contributed by atoms with Gasteiger partial charge in [-0.2, -0.15) is 0 Å². The second-order valence-electron chi connectivity index (χ2n) is 2.75. The minimum absolute atomic E-state index is 0.102. The van der Waals surface area contributed by atoms with Gasteiger partial charge in [0, 0.05) is 4.47 Å². The molecule has 13 heavy (non-hydrogen) atoms. The lowest BCUT2D eigenvalue weighted by atomic mass is 10.0. The molecule has 0 spiro atoms. The number of benzene rings is 1. The van der Waals surface area contributed by atoms with Gasteiger partial charge in [0.25, 0.3) is 0 Å². The van der Waals surface area contributed by atoms with Crippen LogP contribution < -0.4 is 0 Å². The van der Waals surface area contributed by atoms with E-state index in [0.29, 0.717) is 0 Å². The summed E-state index contributed by atoms with van der Waals surface area (Å²) in [5.41, 5.74) is 2.34. The van der Waals surface area contributed by atoms with E-state index in [0.717, 1.165) is 10.9 Å². The van der Waals surface area contributed by atoms with E-state index in [1.54, 1.807) is 0 Å². The van der Waals surface area contributed by atoms with Crippen LogP contribution in [0.3, 0.4) is 0 Å². The molecule has 70 valence electrons. The molecule has 0 aromatic heterocycles. The van der Waals surface area contributed by atoms with Crippen molar-refractivity contribution in [2.24, 2.45) is 0 Å². The third-order valence-corrected chi connectivity index (χ3v) is 2.63. The molecule has 0 aliphatic rings. The molecule has 0 amide bonds. The smallest absolute Gasteiger partial charge is 0.0618 e. The zero-order valence-corrected chi connectivity index (χ0v) is 9.21. The highest BCUT2D eigenvalue weighted by Crippen LogP contribution is 2.25. The number of hydrogen-bond acceptors (Lipinski definition) is 1. The van der Waals surface area contributed by atoms with Gasteiger partial charge in [0.15, 0.2) is 0 Å². The van der Waals surface area contributed by atoms with Crippen molar-refractivity contribution in [2.75, 3.05) is 6.61 Å². The summed E-state index contributed by atoms with van der Waals surface area (Å²) in [4.78, 5) is 0. The van der Waals surface area contributed by atoms with Crippen LogP contribution in [0.15, 0.2) is 34.8 Å². The van der Waals surface area contributed by atoms with Gasteiger partial charge < -0.3 is 5.11 Å². The first-order chi connectivity index (χ1) is 6.29. The summed E-state index contributed by atoms with van der Waals surface area (Å²) in [6, 6.07) is 8.05. The number of hydrogen-bond donors (Lipinski definition) is 1. The van der Waals surface area contributed by atoms with Crippen molar-refractivity contribution >= 4 is 21.5 Å². The van der Waals surface area contributed by atoms with Gasteiger partial charge in [-0.25, -0.2) is 0 Å². The second-order valence-corrected chi connectivity index (χ2v) is 3.60. The first kappa shape index (κ1) is 10.5. The van der Waals surface area contributed by atoms with Crippen molar-refractivity contribution in [3.8, 4) is 0 Å². The van der Waals surface area contributed by atoms with Gasteiger partial charge in [-0.3, -0.25) is 0 Å². The Labute approximate surface area is 87.2 Å². The number of aliphatic hydroxyl groups excluding tert-OH is 1. The van der Waals surface area contributed by atoms with Gasteiger partial charge in [-0.1, -0.05) is 47.1 Å². The fourth-order valence-electron chi connectivity index (χ4n) is 1.28. The Morgan fingerprint density at radius 2 is 2.15 bits per heavy atom. The molecule has 0 unspecified atom stereocenters. The molecule has 0 atom stereocenters. The fourth-order valence-corrected chi connectivity index (χ4v) is 1.82. The fraction of sp³-hybridized carbons (Fsp3) is 0.273. The van der Waals surface area contributed by atoms with E-state index in [9.17, 15) is 0 Å². The summed E-state index contributed by atoms with van der Waals surface area (Å²) < 4.78 is 1.08. The van der Waals surface area contributed by atoms with Crippen LogP contribution >= 0.6 is 15.9 Å². The summed E-state index contributed by atoms with van der Waals surface area (Å²) in [7, 11) is 0. The Morgan fingerprint density at radius 1 is 1.46 bits per heavy atom. The zero-order valence-electron chi connectivity index (χ0n) is 7.63. The molecule has 0 aliphatic carbocycles. The largest absolute Gasteiger partial charge is 0.392 e. The second kappa shape index (κ2) is 5.20.